The second-order valence-corrected chi connectivity index (χ2v) is 12.3. The lowest BCUT2D eigenvalue weighted by molar-refractivity contribution is -0.187. The molecule has 6 atom stereocenters. The third-order valence-electron chi connectivity index (χ3n) is 7.27. The summed E-state index contributed by atoms with van der Waals surface area (Å²) in [6.45, 7) is 9.68. The first-order chi connectivity index (χ1) is 24.8. The molecule has 3 rings (SSSR count). The topological polar surface area (TPSA) is 237 Å². The highest BCUT2D eigenvalue weighted by atomic mass is 79.9. The zero-order valence-electron chi connectivity index (χ0n) is 30.0. The molecule has 20 heteroatoms. The van der Waals surface area contributed by atoms with Crippen molar-refractivity contribution in [3.63, 3.8) is 0 Å². The number of halogens is 1. The van der Waals surface area contributed by atoms with Crippen molar-refractivity contribution in [3.8, 4) is 0 Å². The maximum absolute atomic E-state index is 13.5. The monoisotopic (exact) mass is 807 g/mol. The smallest absolute Gasteiger partial charge is 0.347 e. The minimum Gasteiger partial charge on any atom is -0.451 e. The SMILES string of the molecule is CC(=O)OC(C)C(=O)OC(C)C(=O)OC(C)C(=O)OC(C)C(=O)OC(C)C(=O)OC(C)C(=O)N1CCN(C(C)=O)/C1=N/c1ccc2nccnc2c1Br. The molecule has 0 bridgehead atoms. The molecule has 0 N–H and O–H groups in total. The highest BCUT2D eigenvalue weighted by Gasteiger charge is 2.38. The summed E-state index contributed by atoms with van der Waals surface area (Å²) in [6, 6.07) is 3.31. The molecule has 2 amide bonds. The van der Waals surface area contributed by atoms with Crippen molar-refractivity contribution in [2.75, 3.05) is 13.1 Å². The van der Waals surface area contributed by atoms with Crippen molar-refractivity contribution in [1.82, 2.24) is 19.8 Å². The average Bonchev–Trinajstić information content (AvgIpc) is 3.52. The Balaban J connectivity index is 1.56. The van der Waals surface area contributed by atoms with Crippen LogP contribution in [0.3, 0.4) is 0 Å². The van der Waals surface area contributed by atoms with E-state index in [4.69, 9.17) is 23.7 Å². The number of benzene rings is 1. The molecule has 1 aliphatic rings. The van der Waals surface area contributed by atoms with E-state index in [9.17, 15) is 38.4 Å². The van der Waals surface area contributed by atoms with E-state index >= 15 is 0 Å². The van der Waals surface area contributed by atoms with E-state index in [2.05, 4.69) is 35.6 Å². The third-order valence-corrected chi connectivity index (χ3v) is 8.05. The molecule has 286 valence electrons. The predicted octanol–water partition coefficient (Wildman–Crippen LogP) is 1.68. The van der Waals surface area contributed by atoms with Crippen LogP contribution < -0.4 is 0 Å². The Kier molecular flexibility index (Phi) is 14.5. The van der Waals surface area contributed by atoms with E-state index < -0.39 is 78.3 Å². The Morgan fingerprint density at radius 3 is 1.49 bits per heavy atom. The van der Waals surface area contributed by atoms with E-state index in [0.29, 0.717) is 21.2 Å². The first kappa shape index (κ1) is 41.9. The number of hydrogen-bond acceptors (Lipinski definition) is 17. The van der Waals surface area contributed by atoms with Gasteiger partial charge in [-0.1, -0.05) is 0 Å². The summed E-state index contributed by atoms with van der Waals surface area (Å²) in [5.74, 6) is -7.46. The van der Waals surface area contributed by atoms with Gasteiger partial charge in [0.2, 0.25) is 11.9 Å². The van der Waals surface area contributed by atoms with Crippen molar-refractivity contribution in [3.05, 3.63) is 29.0 Å². The van der Waals surface area contributed by atoms with Crippen LogP contribution in [0.25, 0.3) is 11.0 Å². The number of guanidine groups is 1. The van der Waals surface area contributed by atoms with Crippen LogP contribution in [0.1, 0.15) is 55.4 Å². The number of carbonyl (C=O) groups excluding carboxylic acids is 8. The summed E-state index contributed by atoms with van der Waals surface area (Å²) < 4.78 is 30.2. The number of esters is 6. The number of rotatable bonds is 13. The minimum atomic E-state index is -1.58. The molecule has 0 aliphatic carbocycles. The van der Waals surface area contributed by atoms with Gasteiger partial charge in [0.1, 0.15) is 5.52 Å². The molecule has 2 aromatic rings. The highest BCUT2D eigenvalue weighted by molar-refractivity contribution is 9.10. The van der Waals surface area contributed by atoms with Crippen LogP contribution in [-0.4, -0.2) is 123 Å². The second-order valence-electron chi connectivity index (χ2n) is 11.5. The first-order valence-electron chi connectivity index (χ1n) is 16.1. The second kappa shape index (κ2) is 18.3. The molecule has 1 saturated heterocycles. The number of amides is 2. The Morgan fingerprint density at radius 1 is 0.623 bits per heavy atom. The summed E-state index contributed by atoms with van der Waals surface area (Å²) in [5, 5.41) is 0. The number of hydrogen-bond donors (Lipinski definition) is 0. The number of carbonyl (C=O) groups is 8. The van der Waals surface area contributed by atoms with E-state index in [0.717, 1.165) is 27.7 Å². The maximum atomic E-state index is 13.5. The van der Waals surface area contributed by atoms with Gasteiger partial charge in [0, 0.05) is 39.3 Å². The summed E-state index contributed by atoms with van der Waals surface area (Å²) in [5.41, 5.74) is 1.45. The maximum Gasteiger partial charge on any atom is 0.347 e. The Bertz CT molecular complexity index is 1820. The van der Waals surface area contributed by atoms with E-state index in [1.807, 2.05) is 0 Å². The van der Waals surface area contributed by atoms with Crippen molar-refractivity contribution in [2.45, 2.75) is 92.0 Å². The fourth-order valence-corrected chi connectivity index (χ4v) is 5.00. The fraction of sp³-hybridized carbons (Fsp3) is 0.485. The van der Waals surface area contributed by atoms with Gasteiger partial charge < -0.3 is 28.4 Å². The van der Waals surface area contributed by atoms with Crippen LogP contribution >= 0.6 is 15.9 Å². The Labute approximate surface area is 311 Å². The summed E-state index contributed by atoms with van der Waals surface area (Å²) in [4.78, 5) is 115. The zero-order valence-corrected chi connectivity index (χ0v) is 31.6. The van der Waals surface area contributed by atoms with Gasteiger partial charge in [0.05, 0.1) is 15.7 Å². The molecule has 1 aromatic carbocycles. The van der Waals surface area contributed by atoms with Crippen LogP contribution in [0.15, 0.2) is 34.0 Å². The van der Waals surface area contributed by atoms with Crippen LogP contribution in [0.5, 0.6) is 0 Å². The molecular weight excluding hydrogens is 770 g/mol. The minimum absolute atomic E-state index is 0.00583. The molecule has 19 nitrogen and oxygen atoms in total. The largest absolute Gasteiger partial charge is 0.451 e. The van der Waals surface area contributed by atoms with Gasteiger partial charge in [-0.05, 0) is 69.6 Å². The number of aliphatic imine (C=N–C) groups is 1. The van der Waals surface area contributed by atoms with E-state index in [1.165, 1.54) is 49.9 Å². The zero-order chi connectivity index (χ0) is 39.7. The van der Waals surface area contributed by atoms with Crippen molar-refractivity contribution in [2.24, 2.45) is 4.99 Å². The fourth-order valence-electron chi connectivity index (χ4n) is 4.47. The van der Waals surface area contributed by atoms with Gasteiger partial charge in [-0.3, -0.25) is 34.2 Å². The molecule has 6 unspecified atom stereocenters. The molecule has 0 spiro atoms. The van der Waals surface area contributed by atoms with Crippen LogP contribution in [0.4, 0.5) is 5.69 Å². The van der Waals surface area contributed by atoms with Gasteiger partial charge in [-0.15, -0.1) is 0 Å². The Hall–Kier alpha value is -5.53. The highest BCUT2D eigenvalue weighted by Crippen LogP contribution is 2.32. The van der Waals surface area contributed by atoms with Crippen LogP contribution in [0.2, 0.25) is 0 Å². The van der Waals surface area contributed by atoms with Gasteiger partial charge in [0.25, 0.3) is 5.91 Å². The van der Waals surface area contributed by atoms with Gasteiger partial charge in [0.15, 0.2) is 36.6 Å². The molecule has 1 aliphatic heterocycles. The molecular formula is C33H38BrN5O14. The third kappa shape index (κ3) is 11.0. The van der Waals surface area contributed by atoms with Crippen molar-refractivity contribution < 1.29 is 66.8 Å². The summed E-state index contributed by atoms with van der Waals surface area (Å²) >= 11 is 3.46. The van der Waals surface area contributed by atoms with E-state index in [1.54, 1.807) is 12.1 Å². The van der Waals surface area contributed by atoms with Gasteiger partial charge in [-0.25, -0.2) is 29.0 Å². The van der Waals surface area contributed by atoms with Gasteiger partial charge >= 0.3 is 35.8 Å². The lowest BCUT2D eigenvalue weighted by atomic mass is 10.2. The molecule has 0 radical (unpaired) electrons. The van der Waals surface area contributed by atoms with Crippen LogP contribution in [0, 0.1) is 0 Å². The standard InChI is InChI=1S/C33H38BrN5O14/c1-15(27(42)39-14-13-38(21(7)40)33(39)37-23-9-10-24-26(25(23)34)36-12-11-35-24)49-29(44)17(3)51-31(46)19(5)53-32(47)20(6)52-30(45)18(4)50-28(43)16(2)48-22(8)41/h9-12,15-20H,13-14H2,1-8H3/b37-33-. The number of ether oxygens (including phenoxy) is 6. The Morgan fingerprint density at radius 2 is 1.04 bits per heavy atom. The summed E-state index contributed by atoms with van der Waals surface area (Å²) in [6.07, 6.45) is -5.87. The number of nitrogens with zero attached hydrogens (tertiary/aromatic N) is 5. The quantitative estimate of drug-likeness (QED) is 0.207. The predicted molar refractivity (Wildman–Crippen MR) is 182 cm³/mol. The van der Waals surface area contributed by atoms with Crippen LogP contribution in [-0.2, 0) is 66.8 Å². The number of fused-ring (bicyclic) bond motifs is 1. The molecule has 2 heterocycles. The molecule has 0 saturated carbocycles. The van der Waals surface area contributed by atoms with Crippen molar-refractivity contribution >= 4 is 86.2 Å². The number of aromatic nitrogens is 2. The van der Waals surface area contributed by atoms with Gasteiger partial charge in [-0.2, -0.15) is 0 Å². The normalized spacial score (nSPS) is 16.7. The average molecular weight is 809 g/mol. The van der Waals surface area contributed by atoms with E-state index in [-0.39, 0.29) is 25.0 Å². The molecule has 1 aromatic heterocycles. The molecule has 53 heavy (non-hydrogen) atoms. The summed E-state index contributed by atoms with van der Waals surface area (Å²) in [7, 11) is 0. The van der Waals surface area contributed by atoms with Crippen molar-refractivity contribution in [1.29, 1.82) is 0 Å². The lowest BCUT2D eigenvalue weighted by Gasteiger charge is -2.24. The lowest BCUT2D eigenvalue weighted by Crippen LogP contribution is -2.45. The molecule has 1 fully saturated rings. The first-order valence-corrected chi connectivity index (χ1v) is 16.9.